The number of nitrogens with zero attached hydrogens (tertiary/aromatic N) is 2. The molecule has 14 heavy (non-hydrogen) atoms. The van der Waals surface area contributed by atoms with E-state index in [2.05, 4.69) is 9.84 Å². The van der Waals surface area contributed by atoms with Crippen LogP contribution in [0.2, 0.25) is 0 Å². The van der Waals surface area contributed by atoms with Crippen molar-refractivity contribution in [1.29, 1.82) is 0 Å². The number of rotatable bonds is 2. The van der Waals surface area contributed by atoms with E-state index in [0.717, 1.165) is 12.3 Å². The van der Waals surface area contributed by atoms with E-state index in [9.17, 15) is 13.2 Å². The first-order valence-corrected chi connectivity index (χ1v) is 5.25. The quantitative estimate of drug-likeness (QED) is 0.724. The first-order chi connectivity index (χ1) is 6.46. The van der Waals surface area contributed by atoms with Crippen LogP contribution in [-0.2, 0) is 14.8 Å². The number of hydrogen-bond acceptors (Lipinski definition) is 5. The number of sulfonamides is 1. The van der Waals surface area contributed by atoms with Crippen molar-refractivity contribution in [3.05, 3.63) is 12.3 Å². The van der Waals surface area contributed by atoms with Crippen LogP contribution in [0.3, 0.4) is 0 Å². The summed E-state index contributed by atoms with van der Waals surface area (Å²) in [6, 6.07) is 1.12. The third-order valence-electron chi connectivity index (χ3n) is 1.34. The van der Waals surface area contributed by atoms with Gasteiger partial charge in [0.25, 0.3) is 10.0 Å². The number of aromatic nitrogens is 2. The average Bonchev–Trinajstić information content (AvgIpc) is 2.50. The predicted molar refractivity (Wildman–Crippen MR) is 46.0 cm³/mol. The molecule has 2 N–H and O–H groups in total. The fourth-order valence-corrected chi connectivity index (χ4v) is 1.44. The van der Waals surface area contributed by atoms with Gasteiger partial charge in [-0.2, -0.15) is 9.78 Å². The molecule has 8 heteroatoms. The zero-order valence-corrected chi connectivity index (χ0v) is 8.19. The first kappa shape index (κ1) is 10.7. The highest BCUT2D eigenvalue weighted by atomic mass is 32.2. The highest BCUT2D eigenvalue weighted by molar-refractivity contribution is 7.89. The van der Waals surface area contributed by atoms with Crippen molar-refractivity contribution in [2.45, 2.75) is 11.9 Å². The largest absolute Gasteiger partial charge is 0.448 e. The van der Waals surface area contributed by atoms with Gasteiger partial charge < -0.3 is 4.74 Å². The van der Waals surface area contributed by atoms with Gasteiger partial charge in [-0.3, -0.25) is 0 Å². The summed E-state index contributed by atoms with van der Waals surface area (Å²) in [5.74, 6) is 0. The van der Waals surface area contributed by atoms with E-state index in [1.807, 2.05) is 0 Å². The second-order valence-electron chi connectivity index (χ2n) is 2.33. The van der Waals surface area contributed by atoms with Gasteiger partial charge in [-0.1, -0.05) is 0 Å². The van der Waals surface area contributed by atoms with Crippen molar-refractivity contribution >= 4 is 16.1 Å². The Morgan fingerprint density at radius 2 is 2.36 bits per heavy atom. The molecule has 0 aliphatic carbocycles. The summed E-state index contributed by atoms with van der Waals surface area (Å²) in [4.78, 5) is 11.1. The SMILES string of the molecule is CCOC(=O)n1nccc1S(N)(=O)=O. The number of primary sulfonamides is 1. The smallest absolute Gasteiger partial charge is 0.435 e. The molecule has 0 radical (unpaired) electrons. The van der Waals surface area contributed by atoms with E-state index in [-0.39, 0.29) is 6.61 Å². The summed E-state index contributed by atoms with van der Waals surface area (Å²) in [7, 11) is -3.95. The van der Waals surface area contributed by atoms with E-state index in [4.69, 9.17) is 5.14 Å². The van der Waals surface area contributed by atoms with Gasteiger partial charge >= 0.3 is 6.09 Å². The van der Waals surface area contributed by atoms with Crippen LogP contribution in [0.4, 0.5) is 4.79 Å². The fourth-order valence-electron chi connectivity index (χ4n) is 0.828. The Morgan fingerprint density at radius 1 is 1.71 bits per heavy atom. The molecule has 0 bridgehead atoms. The molecular formula is C6H9N3O4S. The summed E-state index contributed by atoms with van der Waals surface area (Å²) >= 11 is 0. The van der Waals surface area contributed by atoms with E-state index < -0.39 is 21.1 Å². The molecule has 0 unspecified atom stereocenters. The van der Waals surface area contributed by atoms with Crippen molar-refractivity contribution in [1.82, 2.24) is 9.78 Å². The number of ether oxygens (including phenoxy) is 1. The Hall–Kier alpha value is -1.41. The van der Waals surface area contributed by atoms with Crippen LogP contribution in [-0.4, -0.2) is 30.9 Å². The molecule has 0 atom stereocenters. The van der Waals surface area contributed by atoms with Crippen molar-refractivity contribution < 1.29 is 17.9 Å². The van der Waals surface area contributed by atoms with Crippen LogP contribution in [0.5, 0.6) is 0 Å². The number of hydrogen-bond donors (Lipinski definition) is 1. The number of nitrogens with two attached hydrogens (primary N) is 1. The fraction of sp³-hybridized carbons (Fsp3) is 0.333. The third kappa shape index (κ3) is 2.09. The van der Waals surface area contributed by atoms with Crippen LogP contribution in [0.15, 0.2) is 17.3 Å². The topological polar surface area (TPSA) is 104 Å². The predicted octanol–water partition coefficient (Wildman–Crippen LogP) is -0.465. The zero-order valence-electron chi connectivity index (χ0n) is 7.37. The molecule has 0 aliphatic heterocycles. The van der Waals surface area contributed by atoms with E-state index in [1.165, 1.54) is 0 Å². The lowest BCUT2D eigenvalue weighted by molar-refractivity contribution is 0.147. The highest BCUT2D eigenvalue weighted by Crippen LogP contribution is 2.05. The lowest BCUT2D eigenvalue weighted by Gasteiger charge is -2.03. The molecule has 0 saturated heterocycles. The Kier molecular flexibility index (Phi) is 2.87. The maximum atomic E-state index is 11.1. The molecule has 0 spiro atoms. The highest BCUT2D eigenvalue weighted by Gasteiger charge is 2.19. The molecule has 0 aliphatic rings. The Morgan fingerprint density at radius 3 is 2.86 bits per heavy atom. The molecule has 0 amide bonds. The lowest BCUT2D eigenvalue weighted by atomic mass is 10.7. The molecular weight excluding hydrogens is 210 g/mol. The molecule has 1 aromatic heterocycles. The Labute approximate surface area is 80.5 Å². The minimum atomic E-state index is -3.95. The summed E-state index contributed by atoms with van der Waals surface area (Å²) in [5, 5.41) is 7.93. The molecule has 0 fully saturated rings. The molecule has 1 aromatic rings. The van der Waals surface area contributed by atoms with Gasteiger partial charge in [0.15, 0.2) is 5.03 Å². The summed E-state index contributed by atoms with van der Waals surface area (Å²) < 4.78 is 27.0. The van der Waals surface area contributed by atoms with Gasteiger partial charge in [-0.15, -0.1) is 0 Å². The van der Waals surface area contributed by atoms with E-state index in [0.29, 0.717) is 4.68 Å². The maximum Gasteiger partial charge on any atom is 0.435 e. The third-order valence-corrected chi connectivity index (χ3v) is 2.23. The first-order valence-electron chi connectivity index (χ1n) is 3.70. The average molecular weight is 219 g/mol. The second-order valence-corrected chi connectivity index (χ2v) is 3.83. The zero-order chi connectivity index (χ0) is 10.8. The standard InChI is InChI=1S/C6H9N3O4S/c1-2-13-6(10)9-5(3-4-8-9)14(7,11)12/h3-4H,2H2,1H3,(H2,7,11,12). The van der Waals surface area contributed by atoms with E-state index in [1.54, 1.807) is 6.92 Å². The maximum absolute atomic E-state index is 11.1. The molecule has 0 saturated carbocycles. The van der Waals surface area contributed by atoms with Gasteiger partial charge in [0.2, 0.25) is 0 Å². The molecule has 78 valence electrons. The van der Waals surface area contributed by atoms with Gasteiger partial charge in [0.05, 0.1) is 12.8 Å². The van der Waals surface area contributed by atoms with Gasteiger partial charge in [-0.05, 0) is 13.0 Å². The van der Waals surface area contributed by atoms with Crippen LogP contribution >= 0.6 is 0 Å². The summed E-state index contributed by atoms with van der Waals surface area (Å²) in [6.45, 7) is 1.72. The van der Waals surface area contributed by atoms with Crippen molar-refractivity contribution in [3.63, 3.8) is 0 Å². The van der Waals surface area contributed by atoms with Crippen LogP contribution in [0.1, 0.15) is 6.92 Å². The van der Waals surface area contributed by atoms with Crippen LogP contribution in [0.25, 0.3) is 0 Å². The minimum Gasteiger partial charge on any atom is -0.448 e. The minimum absolute atomic E-state index is 0.128. The summed E-state index contributed by atoms with van der Waals surface area (Å²) in [6.07, 6.45) is 0.276. The van der Waals surface area contributed by atoms with Crippen molar-refractivity contribution in [2.75, 3.05) is 6.61 Å². The molecule has 7 nitrogen and oxygen atoms in total. The Balaban J connectivity index is 3.12. The van der Waals surface area contributed by atoms with Gasteiger partial charge in [-0.25, -0.2) is 18.4 Å². The number of carbonyl (C=O) groups is 1. The van der Waals surface area contributed by atoms with Crippen molar-refractivity contribution in [2.24, 2.45) is 5.14 Å². The normalized spacial score (nSPS) is 11.3. The molecule has 1 rings (SSSR count). The lowest BCUT2D eigenvalue weighted by Crippen LogP contribution is -2.23. The molecule has 1 heterocycles. The van der Waals surface area contributed by atoms with Crippen LogP contribution < -0.4 is 5.14 Å². The van der Waals surface area contributed by atoms with Crippen LogP contribution in [0, 0.1) is 0 Å². The number of carbonyl (C=O) groups excluding carboxylic acids is 1. The van der Waals surface area contributed by atoms with E-state index >= 15 is 0 Å². The Bertz CT molecular complexity index is 436. The summed E-state index contributed by atoms with van der Waals surface area (Å²) in [5.41, 5.74) is 0. The molecule has 0 aromatic carbocycles. The second kappa shape index (κ2) is 3.76. The van der Waals surface area contributed by atoms with Crippen molar-refractivity contribution in [3.8, 4) is 0 Å². The monoisotopic (exact) mass is 219 g/mol. The van der Waals surface area contributed by atoms with Gasteiger partial charge in [0.1, 0.15) is 0 Å². The van der Waals surface area contributed by atoms with Gasteiger partial charge in [0, 0.05) is 0 Å².